The average Bonchev–Trinajstić information content (AvgIpc) is 3.06. The molecular weight excluding hydrogens is 413 g/mol. The van der Waals surface area contributed by atoms with Gasteiger partial charge in [-0.25, -0.2) is 0 Å². The summed E-state index contributed by atoms with van der Waals surface area (Å²) >= 11 is 19.1. The number of hydrogen-bond donors (Lipinski definition) is 1. The SMILES string of the molecule is Cc1cc(Cl)ccc1OCc1csc(C(=O)Nc2ccc(Cl)c(Cl)c2)c1. The molecule has 0 radical (unpaired) electrons. The van der Waals surface area contributed by atoms with Crippen LogP contribution in [0, 0.1) is 6.92 Å². The van der Waals surface area contributed by atoms with E-state index in [0.717, 1.165) is 16.9 Å². The van der Waals surface area contributed by atoms with Crippen molar-refractivity contribution < 1.29 is 9.53 Å². The van der Waals surface area contributed by atoms with E-state index >= 15 is 0 Å². The van der Waals surface area contributed by atoms with E-state index in [1.54, 1.807) is 24.3 Å². The van der Waals surface area contributed by atoms with E-state index in [-0.39, 0.29) is 5.91 Å². The van der Waals surface area contributed by atoms with Crippen LogP contribution in [0.5, 0.6) is 5.75 Å². The third-order valence-corrected chi connectivity index (χ3v) is 5.54. The van der Waals surface area contributed by atoms with Crippen molar-refractivity contribution in [2.24, 2.45) is 0 Å². The smallest absolute Gasteiger partial charge is 0.265 e. The monoisotopic (exact) mass is 425 g/mol. The number of hydrogen-bond acceptors (Lipinski definition) is 3. The summed E-state index contributed by atoms with van der Waals surface area (Å²) in [5.41, 5.74) is 2.47. The van der Waals surface area contributed by atoms with Gasteiger partial charge < -0.3 is 10.1 Å². The Balaban J connectivity index is 1.63. The number of amides is 1. The first-order valence-electron chi connectivity index (χ1n) is 7.65. The van der Waals surface area contributed by atoms with E-state index in [9.17, 15) is 4.79 Å². The van der Waals surface area contributed by atoms with Gasteiger partial charge in [0.15, 0.2) is 0 Å². The molecule has 0 spiro atoms. The second-order valence-electron chi connectivity index (χ2n) is 5.60. The predicted octanol–water partition coefficient (Wildman–Crippen LogP) is 6.85. The van der Waals surface area contributed by atoms with Crippen LogP contribution in [0.3, 0.4) is 0 Å². The topological polar surface area (TPSA) is 38.3 Å². The maximum Gasteiger partial charge on any atom is 0.265 e. The molecule has 1 N–H and O–H groups in total. The van der Waals surface area contributed by atoms with E-state index < -0.39 is 0 Å². The Bertz CT molecular complexity index is 956. The summed E-state index contributed by atoms with van der Waals surface area (Å²) in [5, 5.41) is 6.21. The van der Waals surface area contributed by atoms with Crippen LogP contribution in [0.4, 0.5) is 5.69 Å². The van der Waals surface area contributed by atoms with Crippen LogP contribution in [-0.2, 0) is 6.61 Å². The quantitative estimate of drug-likeness (QED) is 0.484. The zero-order valence-corrected chi connectivity index (χ0v) is 16.8. The van der Waals surface area contributed by atoms with E-state index in [2.05, 4.69) is 5.32 Å². The maximum atomic E-state index is 12.4. The molecule has 7 heteroatoms. The van der Waals surface area contributed by atoms with Crippen molar-refractivity contribution in [1.29, 1.82) is 0 Å². The van der Waals surface area contributed by atoms with Gasteiger partial charge in [0.05, 0.1) is 14.9 Å². The van der Waals surface area contributed by atoms with Crippen LogP contribution in [-0.4, -0.2) is 5.91 Å². The predicted molar refractivity (Wildman–Crippen MR) is 109 cm³/mol. The van der Waals surface area contributed by atoms with Crippen molar-refractivity contribution in [1.82, 2.24) is 0 Å². The Kier molecular flexibility index (Phi) is 6.09. The van der Waals surface area contributed by atoms with Crippen molar-refractivity contribution >= 4 is 57.7 Å². The maximum absolute atomic E-state index is 12.4. The lowest BCUT2D eigenvalue weighted by Gasteiger charge is -2.08. The standard InChI is InChI=1S/C19H14Cl3NO2S/c1-11-6-13(20)2-5-17(11)25-9-12-7-18(26-10-12)19(24)23-14-3-4-15(21)16(22)8-14/h2-8,10H,9H2,1H3,(H,23,24). The molecule has 3 rings (SSSR count). The van der Waals surface area contributed by atoms with Crippen LogP contribution in [0.15, 0.2) is 47.8 Å². The van der Waals surface area contributed by atoms with Gasteiger partial charge in [-0.05, 0) is 60.3 Å². The number of nitrogens with one attached hydrogen (secondary N) is 1. The number of benzene rings is 2. The molecule has 0 aliphatic rings. The van der Waals surface area contributed by atoms with Gasteiger partial charge >= 0.3 is 0 Å². The molecule has 1 heterocycles. The van der Waals surface area contributed by atoms with Crippen molar-refractivity contribution in [3.05, 3.63) is 78.9 Å². The molecule has 0 aliphatic carbocycles. The van der Waals surface area contributed by atoms with Crippen LogP contribution in [0.1, 0.15) is 20.8 Å². The summed E-state index contributed by atoms with van der Waals surface area (Å²) < 4.78 is 5.80. The van der Waals surface area contributed by atoms with E-state index in [0.29, 0.717) is 32.2 Å². The van der Waals surface area contributed by atoms with E-state index in [4.69, 9.17) is 39.5 Å². The average molecular weight is 427 g/mol. The zero-order valence-electron chi connectivity index (χ0n) is 13.7. The molecule has 0 saturated heterocycles. The summed E-state index contributed by atoms with van der Waals surface area (Å²) in [6.07, 6.45) is 0. The number of rotatable bonds is 5. The van der Waals surface area contributed by atoms with Gasteiger partial charge in [0.1, 0.15) is 12.4 Å². The Labute approximate surface area is 170 Å². The van der Waals surface area contributed by atoms with Crippen LogP contribution >= 0.6 is 46.1 Å². The molecule has 2 aromatic carbocycles. The molecule has 0 atom stereocenters. The number of halogens is 3. The molecule has 0 saturated carbocycles. The molecule has 3 aromatic rings. The van der Waals surface area contributed by atoms with Crippen molar-refractivity contribution in [2.75, 3.05) is 5.32 Å². The molecule has 3 nitrogen and oxygen atoms in total. The lowest BCUT2D eigenvalue weighted by Crippen LogP contribution is -2.10. The molecule has 1 amide bonds. The third kappa shape index (κ3) is 4.71. The fourth-order valence-electron chi connectivity index (χ4n) is 2.27. The minimum atomic E-state index is -0.206. The Morgan fingerprint density at radius 2 is 1.88 bits per heavy atom. The first-order valence-corrected chi connectivity index (χ1v) is 9.66. The molecular formula is C19H14Cl3NO2S. The third-order valence-electron chi connectivity index (χ3n) is 3.59. The summed E-state index contributed by atoms with van der Waals surface area (Å²) in [4.78, 5) is 12.9. The number of carbonyl (C=O) groups is 1. The van der Waals surface area contributed by atoms with Gasteiger partial charge in [-0.1, -0.05) is 34.8 Å². The second-order valence-corrected chi connectivity index (χ2v) is 7.76. The first-order chi connectivity index (χ1) is 12.4. The number of anilines is 1. The molecule has 1 aromatic heterocycles. The van der Waals surface area contributed by atoms with Crippen molar-refractivity contribution in [3.63, 3.8) is 0 Å². The van der Waals surface area contributed by atoms with Gasteiger partial charge in [0.2, 0.25) is 0 Å². The Morgan fingerprint density at radius 3 is 2.62 bits per heavy atom. The normalized spacial score (nSPS) is 10.6. The molecule has 0 fully saturated rings. The highest BCUT2D eigenvalue weighted by atomic mass is 35.5. The summed E-state index contributed by atoms with van der Waals surface area (Å²) in [6.45, 7) is 2.31. The largest absolute Gasteiger partial charge is 0.489 e. The fraction of sp³-hybridized carbons (Fsp3) is 0.105. The summed E-state index contributed by atoms with van der Waals surface area (Å²) in [6, 6.07) is 12.2. The Morgan fingerprint density at radius 1 is 1.08 bits per heavy atom. The minimum Gasteiger partial charge on any atom is -0.489 e. The van der Waals surface area contributed by atoms with Gasteiger partial charge in [0, 0.05) is 16.3 Å². The van der Waals surface area contributed by atoms with E-state index in [1.807, 2.05) is 30.5 Å². The number of ether oxygens (including phenoxy) is 1. The number of thiophene rings is 1. The van der Waals surface area contributed by atoms with Gasteiger partial charge in [-0.3, -0.25) is 4.79 Å². The van der Waals surface area contributed by atoms with Crippen molar-refractivity contribution in [2.45, 2.75) is 13.5 Å². The highest BCUT2D eigenvalue weighted by molar-refractivity contribution is 7.12. The molecule has 0 aliphatic heterocycles. The second kappa shape index (κ2) is 8.31. The first kappa shape index (κ1) is 19.1. The zero-order chi connectivity index (χ0) is 18.7. The number of carbonyl (C=O) groups excluding carboxylic acids is 1. The van der Waals surface area contributed by atoms with Crippen LogP contribution in [0.2, 0.25) is 15.1 Å². The summed E-state index contributed by atoms with van der Waals surface area (Å²) in [5.74, 6) is 0.560. The molecule has 0 unspecified atom stereocenters. The minimum absolute atomic E-state index is 0.206. The molecule has 134 valence electrons. The molecule has 0 bridgehead atoms. The summed E-state index contributed by atoms with van der Waals surface area (Å²) in [7, 11) is 0. The molecule has 26 heavy (non-hydrogen) atoms. The van der Waals surface area contributed by atoms with Crippen LogP contribution < -0.4 is 10.1 Å². The Hall–Kier alpha value is -1.72. The number of aryl methyl sites for hydroxylation is 1. The highest BCUT2D eigenvalue weighted by Gasteiger charge is 2.11. The van der Waals surface area contributed by atoms with Crippen molar-refractivity contribution in [3.8, 4) is 5.75 Å². The fourth-order valence-corrected chi connectivity index (χ4v) is 3.59. The van der Waals surface area contributed by atoms with Gasteiger partial charge in [0.25, 0.3) is 5.91 Å². The lowest BCUT2D eigenvalue weighted by molar-refractivity contribution is 0.103. The lowest BCUT2D eigenvalue weighted by atomic mass is 10.2. The van der Waals surface area contributed by atoms with Gasteiger partial charge in [-0.15, -0.1) is 11.3 Å². The van der Waals surface area contributed by atoms with E-state index in [1.165, 1.54) is 11.3 Å². The van der Waals surface area contributed by atoms with Gasteiger partial charge in [-0.2, -0.15) is 0 Å². The highest BCUT2D eigenvalue weighted by Crippen LogP contribution is 2.26. The van der Waals surface area contributed by atoms with Crippen LogP contribution in [0.25, 0.3) is 0 Å².